The molecule has 0 bridgehead atoms. The third kappa shape index (κ3) is 1.08. The van der Waals surface area contributed by atoms with E-state index in [1.165, 1.54) is 0 Å². The summed E-state index contributed by atoms with van der Waals surface area (Å²) in [6, 6.07) is 0. The molecule has 0 aromatic carbocycles. The molecule has 3 heteroatoms. The maximum absolute atomic E-state index is 11.2. The normalized spacial score (nSPS) is 44.1. The summed E-state index contributed by atoms with van der Waals surface area (Å²) < 4.78 is 5.23. The minimum Gasteiger partial charge on any atom is -0.393 e. The molecule has 1 saturated heterocycles. The molecule has 0 radical (unpaired) electrons. The number of aliphatic hydroxyl groups excluding tert-OH is 1. The van der Waals surface area contributed by atoms with Crippen molar-refractivity contribution in [3.05, 3.63) is 0 Å². The monoisotopic (exact) mass is 156 g/mol. The van der Waals surface area contributed by atoms with Crippen LogP contribution in [-0.4, -0.2) is 29.7 Å². The number of fused-ring (bicyclic) bond motifs is 1. The summed E-state index contributed by atoms with van der Waals surface area (Å²) >= 11 is 0. The number of ether oxygens (including phenoxy) is 1. The standard InChI is InChI=1S/C8H12O3/c9-6-1-2-7(10)8-5(6)3-4-11-8/h5-6,8-9H,1-4H2. The number of hydrogen-bond donors (Lipinski definition) is 1. The van der Waals surface area contributed by atoms with Gasteiger partial charge in [-0.3, -0.25) is 4.79 Å². The van der Waals surface area contributed by atoms with Crippen molar-refractivity contribution in [2.75, 3.05) is 6.61 Å². The van der Waals surface area contributed by atoms with Gasteiger partial charge < -0.3 is 9.84 Å². The molecule has 1 N–H and O–H groups in total. The van der Waals surface area contributed by atoms with Crippen LogP contribution in [0.15, 0.2) is 0 Å². The van der Waals surface area contributed by atoms with Gasteiger partial charge in [-0.15, -0.1) is 0 Å². The van der Waals surface area contributed by atoms with Crippen LogP contribution < -0.4 is 0 Å². The predicted octanol–water partition coefficient (Wildman–Crippen LogP) is 0.115. The fourth-order valence-corrected chi connectivity index (χ4v) is 1.98. The Morgan fingerprint density at radius 1 is 1.45 bits per heavy atom. The molecule has 62 valence electrons. The lowest BCUT2D eigenvalue weighted by atomic mass is 9.83. The van der Waals surface area contributed by atoms with Crippen molar-refractivity contribution in [2.45, 2.75) is 31.5 Å². The summed E-state index contributed by atoms with van der Waals surface area (Å²) in [5, 5.41) is 9.46. The topological polar surface area (TPSA) is 46.5 Å². The van der Waals surface area contributed by atoms with Gasteiger partial charge in [0.25, 0.3) is 0 Å². The number of rotatable bonds is 0. The molecule has 1 heterocycles. The Morgan fingerprint density at radius 3 is 3.00 bits per heavy atom. The van der Waals surface area contributed by atoms with E-state index >= 15 is 0 Å². The van der Waals surface area contributed by atoms with Crippen molar-refractivity contribution in [1.82, 2.24) is 0 Å². The maximum Gasteiger partial charge on any atom is 0.162 e. The molecule has 0 amide bonds. The fraction of sp³-hybridized carbons (Fsp3) is 0.875. The molecular formula is C8H12O3. The lowest BCUT2D eigenvalue weighted by Crippen LogP contribution is -2.39. The van der Waals surface area contributed by atoms with E-state index in [1.807, 2.05) is 0 Å². The second kappa shape index (κ2) is 2.57. The highest BCUT2D eigenvalue weighted by Crippen LogP contribution is 2.32. The molecule has 1 saturated carbocycles. The molecule has 2 rings (SSSR count). The van der Waals surface area contributed by atoms with Crippen LogP contribution >= 0.6 is 0 Å². The van der Waals surface area contributed by atoms with Crippen LogP contribution in [0.2, 0.25) is 0 Å². The molecule has 3 unspecified atom stereocenters. The average molecular weight is 156 g/mol. The Balaban J connectivity index is 2.14. The van der Waals surface area contributed by atoms with E-state index in [0.29, 0.717) is 19.4 Å². The fourth-order valence-electron chi connectivity index (χ4n) is 1.98. The molecule has 0 aromatic heterocycles. The molecule has 1 aliphatic carbocycles. The maximum atomic E-state index is 11.2. The van der Waals surface area contributed by atoms with E-state index in [2.05, 4.69) is 0 Å². The van der Waals surface area contributed by atoms with Gasteiger partial charge in [0, 0.05) is 18.9 Å². The molecule has 2 aliphatic rings. The van der Waals surface area contributed by atoms with E-state index in [0.717, 1.165) is 6.42 Å². The van der Waals surface area contributed by atoms with Crippen molar-refractivity contribution in [3.8, 4) is 0 Å². The Kier molecular flexibility index (Phi) is 1.69. The predicted molar refractivity (Wildman–Crippen MR) is 38.1 cm³/mol. The summed E-state index contributed by atoms with van der Waals surface area (Å²) in [6.45, 7) is 0.637. The molecule has 3 atom stereocenters. The zero-order valence-corrected chi connectivity index (χ0v) is 6.32. The number of ketones is 1. The lowest BCUT2D eigenvalue weighted by molar-refractivity contribution is -0.136. The Labute approximate surface area is 65.4 Å². The third-order valence-electron chi connectivity index (χ3n) is 2.64. The number of carbonyl (C=O) groups is 1. The first kappa shape index (κ1) is 7.25. The first-order valence-electron chi connectivity index (χ1n) is 4.11. The van der Waals surface area contributed by atoms with Crippen LogP contribution in [0.4, 0.5) is 0 Å². The van der Waals surface area contributed by atoms with Gasteiger partial charge in [-0.1, -0.05) is 0 Å². The summed E-state index contributed by atoms with van der Waals surface area (Å²) in [5.74, 6) is 0.272. The number of hydrogen-bond acceptors (Lipinski definition) is 3. The highest BCUT2D eigenvalue weighted by atomic mass is 16.5. The van der Waals surface area contributed by atoms with Crippen LogP contribution in [0.5, 0.6) is 0 Å². The van der Waals surface area contributed by atoms with Crippen molar-refractivity contribution >= 4 is 5.78 Å². The van der Waals surface area contributed by atoms with Crippen molar-refractivity contribution in [1.29, 1.82) is 0 Å². The first-order chi connectivity index (χ1) is 5.29. The highest BCUT2D eigenvalue weighted by Gasteiger charge is 2.41. The second-order valence-corrected chi connectivity index (χ2v) is 3.32. The average Bonchev–Trinajstić information content (AvgIpc) is 2.45. The summed E-state index contributed by atoms with van der Waals surface area (Å²) in [6.07, 6.45) is 1.38. The second-order valence-electron chi connectivity index (χ2n) is 3.32. The lowest BCUT2D eigenvalue weighted by Gasteiger charge is -2.27. The van der Waals surface area contributed by atoms with Crippen molar-refractivity contribution in [3.63, 3.8) is 0 Å². The molecule has 1 aliphatic heterocycles. The Morgan fingerprint density at radius 2 is 2.27 bits per heavy atom. The van der Waals surface area contributed by atoms with Gasteiger partial charge in [0.2, 0.25) is 0 Å². The summed E-state index contributed by atoms with van der Waals surface area (Å²) in [5.41, 5.74) is 0. The van der Waals surface area contributed by atoms with Gasteiger partial charge in [-0.2, -0.15) is 0 Å². The molecule has 0 aromatic rings. The van der Waals surface area contributed by atoms with Gasteiger partial charge in [-0.05, 0) is 12.8 Å². The van der Waals surface area contributed by atoms with Crippen LogP contribution in [0.25, 0.3) is 0 Å². The van der Waals surface area contributed by atoms with Crippen LogP contribution in [0, 0.1) is 5.92 Å². The van der Waals surface area contributed by atoms with E-state index in [4.69, 9.17) is 4.74 Å². The zero-order chi connectivity index (χ0) is 7.84. The van der Waals surface area contributed by atoms with Crippen LogP contribution in [0.3, 0.4) is 0 Å². The smallest absolute Gasteiger partial charge is 0.162 e. The molecule has 3 nitrogen and oxygen atoms in total. The van der Waals surface area contributed by atoms with E-state index in [9.17, 15) is 9.90 Å². The highest BCUT2D eigenvalue weighted by molar-refractivity contribution is 5.84. The number of carbonyl (C=O) groups excluding carboxylic acids is 1. The largest absolute Gasteiger partial charge is 0.393 e. The van der Waals surface area contributed by atoms with E-state index in [-0.39, 0.29) is 23.9 Å². The number of Topliss-reactive ketones (excluding diaryl/α,β-unsaturated/α-hetero) is 1. The Bertz CT molecular complexity index is 178. The SMILES string of the molecule is O=C1CCC(O)C2CCOC12. The van der Waals surface area contributed by atoms with Crippen molar-refractivity contribution in [2.24, 2.45) is 5.92 Å². The molecule has 0 spiro atoms. The van der Waals surface area contributed by atoms with E-state index in [1.54, 1.807) is 0 Å². The Hall–Kier alpha value is -0.410. The van der Waals surface area contributed by atoms with Gasteiger partial charge in [0.1, 0.15) is 6.10 Å². The van der Waals surface area contributed by atoms with Crippen molar-refractivity contribution < 1.29 is 14.6 Å². The summed E-state index contributed by atoms with van der Waals surface area (Å²) in [4.78, 5) is 11.2. The molecule has 2 fully saturated rings. The molecular weight excluding hydrogens is 144 g/mol. The quantitative estimate of drug-likeness (QED) is 0.541. The van der Waals surface area contributed by atoms with Gasteiger partial charge >= 0.3 is 0 Å². The summed E-state index contributed by atoms with van der Waals surface area (Å²) in [7, 11) is 0. The van der Waals surface area contributed by atoms with Gasteiger partial charge in [-0.25, -0.2) is 0 Å². The zero-order valence-electron chi connectivity index (χ0n) is 6.32. The number of aliphatic hydroxyl groups is 1. The van der Waals surface area contributed by atoms with Crippen LogP contribution in [-0.2, 0) is 9.53 Å². The van der Waals surface area contributed by atoms with Gasteiger partial charge in [0.15, 0.2) is 5.78 Å². The first-order valence-corrected chi connectivity index (χ1v) is 4.11. The minimum atomic E-state index is -0.305. The van der Waals surface area contributed by atoms with Gasteiger partial charge in [0.05, 0.1) is 6.10 Å². The third-order valence-corrected chi connectivity index (χ3v) is 2.64. The van der Waals surface area contributed by atoms with E-state index < -0.39 is 0 Å². The van der Waals surface area contributed by atoms with Crippen LogP contribution in [0.1, 0.15) is 19.3 Å². The minimum absolute atomic E-state index is 0.0937. The molecule has 11 heavy (non-hydrogen) atoms.